The molecule has 0 unspecified atom stereocenters. The van der Waals surface area contributed by atoms with E-state index in [1.54, 1.807) is 6.07 Å². The van der Waals surface area contributed by atoms with E-state index in [9.17, 15) is 4.79 Å². The maximum absolute atomic E-state index is 11.8. The van der Waals surface area contributed by atoms with Crippen LogP contribution in [-0.4, -0.2) is 18.1 Å². The summed E-state index contributed by atoms with van der Waals surface area (Å²) in [4.78, 5) is 15.9. The number of aromatic nitrogens is 1. The third-order valence-corrected chi connectivity index (χ3v) is 3.88. The molecule has 0 radical (unpaired) electrons. The highest BCUT2D eigenvalue weighted by Gasteiger charge is 2.15. The van der Waals surface area contributed by atoms with E-state index in [0.29, 0.717) is 22.2 Å². The van der Waals surface area contributed by atoms with Crippen LogP contribution < -0.4 is 11.1 Å². The minimum atomic E-state index is -0.522. The lowest BCUT2D eigenvalue weighted by atomic mass is 10.2. The molecule has 2 aromatic rings. The lowest BCUT2D eigenvalue weighted by molar-refractivity contribution is 0.0601. The summed E-state index contributed by atoms with van der Waals surface area (Å²) in [5, 5.41) is 3.66. The quantitative estimate of drug-likeness (QED) is 0.801. The van der Waals surface area contributed by atoms with Crippen LogP contribution in [0, 0.1) is 6.92 Å². The van der Waals surface area contributed by atoms with Crippen molar-refractivity contribution in [1.29, 1.82) is 0 Å². The molecule has 7 heteroatoms. The van der Waals surface area contributed by atoms with E-state index in [0.717, 1.165) is 10.0 Å². The molecule has 0 aliphatic heterocycles. The van der Waals surface area contributed by atoms with Gasteiger partial charge in [-0.1, -0.05) is 11.6 Å². The number of nitrogens with zero attached hydrogens (tertiary/aromatic N) is 1. The Morgan fingerprint density at radius 2 is 2.14 bits per heavy atom. The summed E-state index contributed by atoms with van der Waals surface area (Å²) in [5.41, 5.74) is 7.91. The maximum Gasteiger partial charge on any atom is 0.341 e. The van der Waals surface area contributed by atoms with Crippen molar-refractivity contribution in [2.24, 2.45) is 0 Å². The second kappa shape index (κ2) is 6.32. The molecular weight excluding hydrogens is 358 g/mol. The largest absolute Gasteiger partial charge is 0.465 e. The number of ether oxygens (including phenoxy) is 1. The van der Waals surface area contributed by atoms with Gasteiger partial charge in [0.1, 0.15) is 11.4 Å². The smallest absolute Gasteiger partial charge is 0.341 e. The summed E-state index contributed by atoms with van der Waals surface area (Å²) in [5.74, 6) is -0.177. The van der Waals surface area contributed by atoms with Gasteiger partial charge in [0.25, 0.3) is 0 Å². The van der Waals surface area contributed by atoms with Gasteiger partial charge < -0.3 is 15.8 Å². The molecule has 1 aromatic heterocycles. The van der Waals surface area contributed by atoms with Gasteiger partial charge in [-0.15, -0.1) is 0 Å². The Morgan fingerprint density at radius 3 is 2.81 bits per heavy atom. The number of nitrogens with two attached hydrogens (primary N) is 1. The number of esters is 1. The number of anilines is 3. The van der Waals surface area contributed by atoms with E-state index in [1.165, 1.54) is 19.4 Å². The number of halogens is 2. The molecule has 3 N–H and O–H groups in total. The molecule has 21 heavy (non-hydrogen) atoms. The molecule has 0 amide bonds. The maximum atomic E-state index is 11.8. The summed E-state index contributed by atoms with van der Waals surface area (Å²) >= 11 is 9.56. The highest BCUT2D eigenvalue weighted by molar-refractivity contribution is 9.10. The van der Waals surface area contributed by atoms with Crippen molar-refractivity contribution < 1.29 is 9.53 Å². The minimum Gasteiger partial charge on any atom is -0.465 e. The molecular formula is C14H13BrClN3O2. The number of benzene rings is 1. The molecule has 5 nitrogen and oxygen atoms in total. The molecule has 1 heterocycles. The lowest BCUT2D eigenvalue weighted by Crippen LogP contribution is -2.08. The molecule has 0 aliphatic carbocycles. The van der Waals surface area contributed by atoms with Gasteiger partial charge in [0.2, 0.25) is 0 Å². The Morgan fingerprint density at radius 1 is 1.43 bits per heavy atom. The van der Waals surface area contributed by atoms with Crippen molar-refractivity contribution >= 4 is 50.7 Å². The van der Waals surface area contributed by atoms with Crippen molar-refractivity contribution in [2.45, 2.75) is 6.92 Å². The zero-order chi connectivity index (χ0) is 15.6. The first-order chi connectivity index (χ1) is 9.92. The van der Waals surface area contributed by atoms with Crippen molar-refractivity contribution in [3.05, 3.63) is 45.0 Å². The van der Waals surface area contributed by atoms with Crippen LogP contribution in [0.4, 0.5) is 17.2 Å². The third kappa shape index (κ3) is 3.46. The number of hydrogen-bond donors (Lipinski definition) is 2. The fourth-order valence-electron chi connectivity index (χ4n) is 1.72. The molecule has 1 aromatic carbocycles. The monoisotopic (exact) mass is 369 g/mol. The van der Waals surface area contributed by atoms with Crippen LogP contribution >= 0.6 is 27.5 Å². The van der Waals surface area contributed by atoms with E-state index < -0.39 is 5.97 Å². The zero-order valence-electron chi connectivity index (χ0n) is 11.4. The normalized spacial score (nSPS) is 10.3. The van der Waals surface area contributed by atoms with Gasteiger partial charge in [0, 0.05) is 9.50 Å². The predicted octanol–water partition coefficient (Wildman–Crippen LogP) is 3.92. The first-order valence-corrected chi connectivity index (χ1v) is 7.16. The number of nitrogens with one attached hydrogen (secondary N) is 1. The highest BCUT2D eigenvalue weighted by Crippen LogP contribution is 2.32. The van der Waals surface area contributed by atoms with Crippen LogP contribution in [0.1, 0.15) is 15.9 Å². The molecule has 0 bridgehead atoms. The van der Waals surface area contributed by atoms with Gasteiger partial charge in [0.15, 0.2) is 0 Å². The molecule has 0 spiro atoms. The Hall–Kier alpha value is -1.79. The number of carbonyl (C=O) groups excluding carboxylic acids is 1. The average Bonchev–Trinajstić information content (AvgIpc) is 2.45. The van der Waals surface area contributed by atoms with Crippen LogP contribution in [0.5, 0.6) is 0 Å². The molecule has 0 atom stereocenters. The van der Waals surface area contributed by atoms with Crippen molar-refractivity contribution in [3.63, 3.8) is 0 Å². The zero-order valence-corrected chi connectivity index (χ0v) is 13.7. The Balaban J connectivity index is 2.44. The predicted molar refractivity (Wildman–Crippen MR) is 87.2 cm³/mol. The van der Waals surface area contributed by atoms with Gasteiger partial charge in [-0.25, -0.2) is 9.78 Å². The number of hydrogen-bond acceptors (Lipinski definition) is 5. The molecule has 2 rings (SSSR count). The number of methoxy groups -OCH3 is 1. The highest BCUT2D eigenvalue weighted by atomic mass is 79.9. The van der Waals surface area contributed by atoms with Gasteiger partial charge in [-0.05, 0) is 46.6 Å². The first kappa shape index (κ1) is 15.6. The second-order valence-electron chi connectivity index (χ2n) is 4.36. The van der Waals surface area contributed by atoms with Gasteiger partial charge in [-0.3, -0.25) is 0 Å². The number of rotatable bonds is 3. The van der Waals surface area contributed by atoms with Gasteiger partial charge in [0.05, 0.1) is 24.7 Å². The number of aryl methyl sites for hydroxylation is 1. The van der Waals surface area contributed by atoms with Crippen LogP contribution in [0.2, 0.25) is 5.02 Å². The summed E-state index contributed by atoms with van der Waals surface area (Å²) in [6.45, 7) is 1.90. The first-order valence-electron chi connectivity index (χ1n) is 5.99. The second-order valence-corrected chi connectivity index (χ2v) is 5.62. The fraction of sp³-hybridized carbons (Fsp3) is 0.143. The summed E-state index contributed by atoms with van der Waals surface area (Å²) in [6, 6.07) is 5.13. The van der Waals surface area contributed by atoms with Gasteiger partial charge in [-0.2, -0.15) is 0 Å². The van der Waals surface area contributed by atoms with E-state index in [4.69, 9.17) is 22.1 Å². The average molecular weight is 371 g/mol. The molecule has 0 saturated heterocycles. The molecule has 0 aliphatic rings. The van der Waals surface area contributed by atoms with Crippen LogP contribution in [0.15, 0.2) is 28.9 Å². The minimum absolute atomic E-state index is 0.251. The van der Waals surface area contributed by atoms with Crippen LogP contribution in [0.25, 0.3) is 0 Å². The van der Waals surface area contributed by atoms with Crippen molar-refractivity contribution in [2.75, 3.05) is 18.2 Å². The topological polar surface area (TPSA) is 77.2 Å². The number of carbonyl (C=O) groups is 1. The number of nitrogen functional groups attached to an aromatic ring is 1. The fourth-order valence-corrected chi connectivity index (χ4v) is 2.44. The molecule has 0 saturated carbocycles. The molecule has 110 valence electrons. The Kier molecular flexibility index (Phi) is 4.69. The van der Waals surface area contributed by atoms with E-state index in [1.807, 2.05) is 13.0 Å². The summed E-state index contributed by atoms with van der Waals surface area (Å²) in [7, 11) is 1.30. The van der Waals surface area contributed by atoms with Crippen LogP contribution in [0.3, 0.4) is 0 Å². The van der Waals surface area contributed by atoms with E-state index in [-0.39, 0.29) is 5.56 Å². The standard InChI is InChI=1S/C14H13BrClN3O2/c1-7-3-10(15)12(5-11(7)16)19-13-9(14(20)21-2)4-8(17)6-18-13/h3-6H,17H2,1-2H3,(H,18,19). The van der Waals surface area contributed by atoms with Crippen molar-refractivity contribution in [1.82, 2.24) is 4.98 Å². The van der Waals surface area contributed by atoms with Crippen LogP contribution in [-0.2, 0) is 4.74 Å². The van der Waals surface area contributed by atoms with E-state index >= 15 is 0 Å². The Labute approximate surface area is 135 Å². The third-order valence-electron chi connectivity index (χ3n) is 2.82. The SMILES string of the molecule is COC(=O)c1cc(N)cnc1Nc1cc(Cl)c(C)cc1Br. The van der Waals surface area contributed by atoms with Crippen molar-refractivity contribution in [3.8, 4) is 0 Å². The van der Waals surface area contributed by atoms with Gasteiger partial charge >= 0.3 is 5.97 Å². The summed E-state index contributed by atoms with van der Waals surface area (Å²) < 4.78 is 5.53. The van der Waals surface area contributed by atoms with E-state index in [2.05, 4.69) is 26.2 Å². The summed E-state index contributed by atoms with van der Waals surface area (Å²) in [6.07, 6.45) is 1.46. The molecule has 0 fully saturated rings. The Bertz CT molecular complexity index is 707. The lowest BCUT2D eigenvalue weighted by Gasteiger charge is -2.13. The number of pyridine rings is 1.